The number of aryl methyl sites for hydroxylation is 1. The summed E-state index contributed by atoms with van der Waals surface area (Å²) in [7, 11) is 0. The lowest BCUT2D eigenvalue weighted by Gasteiger charge is -2.27. The van der Waals surface area contributed by atoms with Crippen molar-refractivity contribution in [2.45, 2.75) is 34.1 Å². The number of hydrogen-bond acceptors (Lipinski definition) is 3. The number of carbonyl (C=O) groups excluding carboxylic acids is 1. The highest BCUT2D eigenvalue weighted by atomic mass is 32.1. The Morgan fingerprint density at radius 2 is 2.30 bits per heavy atom. The van der Waals surface area contributed by atoms with Crippen LogP contribution in [0.4, 0.5) is 0 Å². The predicted octanol–water partition coefficient (Wildman–Crippen LogP) is 2.70. The third-order valence-electron chi connectivity index (χ3n) is 4.13. The van der Waals surface area contributed by atoms with Crippen molar-refractivity contribution in [1.29, 1.82) is 0 Å². The van der Waals surface area contributed by atoms with Crippen LogP contribution in [-0.2, 0) is 4.79 Å². The van der Waals surface area contributed by atoms with Gasteiger partial charge in [0, 0.05) is 23.9 Å². The van der Waals surface area contributed by atoms with Gasteiger partial charge in [0.15, 0.2) is 0 Å². The van der Waals surface area contributed by atoms with E-state index in [0.29, 0.717) is 5.92 Å². The zero-order valence-electron chi connectivity index (χ0n) is 12.5. The molecule has 0 aromatic carbocycles. The highest BCUT2D eigenvalue weighted by Crippen LogP contribution is 2.57. The summed E-state index contributed by atoms with van der Waals surface area (Å²) in [6.07, 6.45) is 1.14. The molecule has 2 aliphatic rings. The second kappa shape index (κ2) is 4.33. The predicted molar refractivity (Wildman–Crippen MR) is 80.3 cm³/mol. The minimum absolute atomic E-state index is 0.0540. The van der Waals surface area contributed by atoms with E-state index in [4.69, 9.17) is 0 Å². The first-order chi connectivity index (χ1) is 9.30. The second-order valence-electron chi connectivity index (χ2n) is 6.99. The molecule has 2 fully saturated rings. The van der Waals surface area contributed by atoms with Crippen molar-refractivity contribution >= 4 is 17.2 Å². The molecule has 0 spiro atoms. The fourth-order valence-electron chi connectivity index (χ4n) is 2.92. The van der Waals surface area contributed by atoms with E-state index < -0.39 is 0 Å². The molecule has 1 saturated carbocycles. The number of thiazole rings is 1. The van der Waals surface area contributed by atoms with E-state index in [-0.39, 0.29) is 16.7 Å². The molecule has 106 valence electrons. The van der Waals surface area contributed by atoms with Crippen LogP contribution in [0.5, 0.6) is 0 Å². The fourth-order valence-corrected chi connectivity index (χ4v) is 3.46. The summed E-state index contributed by atoms with van der Waals surface area (Å²) in [4.78, 5) is 18.7. The number of carbonyl (C=O) groups is 1. The van der Waals surface area contributed by atoms with E-state index in [0.717, 1.165) is 30.2 Å². The number of nitrogens with zero attached hydrogens (tertiary/aromatic N) is 2. The average molecular weight is 288 g/mol. The smallest absolute Gasteiger partial charge is 0.228 e. The lowest BCUT2D eigenvalue weighted by atomic mass is 9.94. The van der Waals surface area contributed by atoms with Gasteiger partial charge >= 0.3 is 0 Å². The molecule has 1 saturated heterocycles. The Kier molecular flexibility index (Phi) is 2.95. The first-order valence-corrected chi connectivity index (χ1v) is 7.93. The molecule has 2 heterocycles. The topological polar surface area (TPSA) is 33.2 Å². The van der Waals surface area contributed by atoms with Crippen LogP contribution in [-0.4, -0.2) is 28.9 Å². The minimum Gasteiger partial charge on any atom is -0.340 e. The summed E-state index contributed by atoms with van der Waals surface area (Å²) in [5.41, 5.74) is 0.628. The van der Waals surface area contributed by atoms with Crippen molar-refractivity contribution in [3.8, 4) is 11.8 Å². The van der Waals surface area contributed by atoms with Gasteiger partial charge in [0.25, 0.3) is 0 Å². The number of aromatic nitrogens is 1. The third kappa shape index (κ3) is 2.35. The summed E-state index contributed by atoms with van der Waals surface area (Å²) in [6, 6.07) is 0. The Labute approximate surface area is 124 Å². The maximum Gasteiger partial charge on any atom is 0.228 e. The van der Waals surface area contributed by atoms with Crippen LogP contribution in [0.2, 0.25) is 0 Å². The molecule has 4 heteroatoms. The van der Waals surface area contributed by atoms with Crippen molar-refractivity contribution in [3.05, 3.63) is 16.1 Å². The van der Waals surface area contributed by atoms with Gasteiger partial charge in [-0.2, -0.15) is 0 Å². The number of amides is 1. The molecule has 0 radical (unpaired) electrons. The molecular weight excluding hydrogens is 268 g/mol. The van der Waals surface area contributed by atoms with Crippen LogP contribution < -0.4 is 0 Å². The van der Waals surface area contributed by atoms with Gasteiger partial charge in [-0.25, -0.2) is 4.98 Å². The molecular formula is C16H20N2OS. The summed E-state index contributed by atoms with van der Waals surface area (Å²) >= 11 is 1.63. The van der Waals surface area contributed by atoms with E-state index in [1.807, 2.05) is 38.0 Å². The summed E-state index contributed by atoms with van der Waals surface area (Å²) in [5.74, 6) is 7.41. The molecule has 0 N–H and O–H groups in total. The number of fused-ring (bicyclic) bond motifs is 1. The van der Waals surface area contributed by atoms with Gasteiger partial charge < -0.3 is 4.90 Å². The maximum atomic E-state index is 12.3. The van der Waals surface area contributed by atoms with Crippen LogP contribution in [0, 0.1) is 35.5 Å². The molecule has 1 aliphatic heterocycles. The van der Waals surface area contributed by atoms with Gasteiger partial charge in [0.1, 0.15) is 5.69 Å². The van der Waals surface area contributed by atoms with E-state index in [1.165, 1.54) is 0 Å². The van der Waals surface area contributed by atoms with Crippen LogP contribution in [0.25, 0.3) is 0 Å². The quantitative estimate of drug-likeness (QED) is 0.688. The van der Waals surface area contributed by atoms with Crippen LogP contribution in [0.15, 0.2) is 5.38 Å². The highest BCUT2D eigenvalue weighted by molar-refractivity contribution is 7.09. The minimum atomic E-state index is -0.294. The van der Waals surface area contributed by atoms with Crippen molar-refractivity contribution in [3.63, 3.8) is 0 Å². The largest absolute Gasteiger partial charge is 0.340 e. The van der Waals surface area contributed by atoms with Crippen LogP contribution in [0.3, 0.4) is 0 Å². The second-order valence-corrected chi connectivity index (χ2v) is 8.06. The molecule has 3 nitrogen and oxygen atoms in total. The van der Waals surface area contributed by atoms with Gasteiger partial charge in [0.05, 0.1) is 10.4 Å². The molecule has 3 rings (SSSR count). The van der Waals surface area contributed by atoms with E-state index >= 15 is 0 Å². The zero-order chi connectivity index (χ0) is 14.5. The number of piperidine rings is 1. The first kappa shape index (κ1) is 13.6. The summed E-state index contributed by atoms with van der Waals surface area (Å²) < 4.78 is 0. The van der Waals surface area contributed by atoms with Gasteiger partial charge in [-0.1, -0.05) is 26.7 Å². The Bertz CT molecular complexity index is 616. The Morgan fingerprint density at radius 1 is 1.55 bits per heavy atom. The van der Waals surface area contributed by atoms with Gasteiger partial charge in [-0.05, 0) is 25.2 Å². The lowest BCUT2D eigenvalue weighted by Crippen LogP contribution is -2.39. The van der Waals surface area contributed by atoms with E-state index in [9.17, 15) is 4.79 Å². The van der Waals surface area contributed by atoms with Crippen LogP contribution in [0.1, 0.15) is 37.9 Å². The SMILES string of the molecule is Cc1nc(C#CC23CC2CN(C(=O)C(C)(C)C)C3)cs1. The lowest BCUT2D eigenvalue weighted by molar-refractivity contribution is -0.139. The van der Waals surface area contributed by atoms with Crippen molar-refractivity contribution in [2.75, 3.05) is 13.1 Å². The molecule has 1 aliphatic carbocycles. The molecule has 1 aromatic rings. The van der Waals surface area contributed by atoms with E-state index in [2.05, 4.69) is 16.8 Å². The van der Waals surface area contributed by atoms with Crippen molar-refractivity contribution < 1.29 is 4.79 Å². The molecule has 0 bridgehead atoms. The van der Waals surface area contributed by atoms with Crippen molar-refractivity contribution in [1.82, 2.24) is 9.88 Å². The van der Waals surface area contributed by atoms with Crippen LogP contribution >= 0.6 is 11.3 Å². The van der Waals surface area contributed by atoms with Gasteiger partial charge in [-0.3, -0.25) is 4.79 Å². The molecule has 2 unspecified atom stereocenters. The standard InChI is InChI=1S/C16H20N2OS/c1-11-17-13(9-20-11)5-6-16-7-12(16)8-18(10-16)14(19)15(2,3)4/h9,12H,7-8,10H2,1-4H3. The molecule has 1 amide bonds. The molecule has 1 aromatic heterocycles. The Hall–Kier alpha value is -1.34. The summed E-state index contributed by atoms with van der Waals surface area (Å²) in [6.45, 7) is 9.61. The Balaban J connectivity index is 1.72. The number of likely N-dealkylation sites (tertiary alicyclic amines) is 1. The number of hydrogen-bond donors (Lipinski definition) is 0. The van der Waals surface area contributed by atoms with Crippen molar-refractivity contribution in [2.24, 2.45) is 16.7 Å². The van der Waals surface area contributed by atoms with Gasteiger partial charge in [0.2, 0.25) is 5.91 Å². The molecule has 2 atom stereocenters. The zero-order valence-corrected chi connectivity index (χ0v) is 13.3. The average Bonchev–Trinajstić information content (AvgIpc) is 2.72. The molecule has 20 heavy (non-hydrogen) atoms. The monoisotopic (exact) mass is 288 g/mol. The summed E-state index contributed by atoms with van der Waals surface area (Å²) in [5, 5.41) is 3.05. The highest BCUT2D eigenvalue weighted by Gasteiger charge is 2.60. The van der Waals surface area contributed by atoms with E-state index in [1.54, 1.807) is 11.3 Å². The first-order valence-electron chi connectivity index (χ1n) is 7.05. The number of rotatable bonds is 0. The fraction of sp³-hybridized carbons (Fsp3) is 0.625. The normalized spacial score (nSPS) is 27.8. The van der Waals surface area contributed by atoms with Gasteiger partial charge in [-0.15, -0.1) is 11.3 Å². The Morgan fingerprint density at radius 3 is 2.90 bits per heavy atom. The third-order valence-corrected chi connectivity index (χ3v) is 4.91. The maximum absolute atomic E-state index is 12.3.